The molecule has 0 spiro atoms. The summed E-state index contributed by atoms with van der Waals surface area (Å²) in [5, 5.41) is 16.0. The van der Waals surface area contributed by atoms with E-state index in [-0.39, 0.29) is 12.1 Å². The fraction of sp³-hybridized carbons (Fsp3) is 0.312. The second-order valence-corrected chi connectivity index (χ2v) is 6.12. The number of carboxylic acids is 1. The lowest BCUT2D eigenvalue weighted by Crippen LogP contribution is -2.54. The zero-order valence-electron chi connectivity index (χ0n) is 12.2. The number of benzene rings is 1. The molecule has 0 aliphatic heterocycles. The molecule has 1 amide bonds. The van der Waals surface area contributed by atoms with Crippen molar-refractivity contribution in [2.45, 2.75) is 31.2 Å². The quantitative estimate of drug-likeness (QED) is 0.876. The van der Waals surface area contributed by atoms with Crippen LogP contribution in [0.4, 0.5) is 0 Å². The number of nitrogens with zero attached hydrogens (tertiary/aromatic N) is 1. The SMILES string of the molecule is O=C(O)CC1(NC(=O)c2cc(-c3ccccc3Cl)on2)CCC1. The number of halogens is 1. The van der Waals surface area contributed by atoms with Crippen LogP contribution in [0.3, 0.4) is 0 Å². The van der Waals surface area contributed by atoms with Crippen molar-refractivity contribution >= 4 is 23.5 Å². The van der Waals surface area contributed by atoms with E-state index >= 15 is 0 Å². The predicted molar refractivity (Wildman–Crippen MR) is 83.3 cm³/mol. The van der Waals surface area contributed by atoms with Crippen molar-refractivity contribution < 1.29 is 19.2 Å². The Balaban J connectivity index is 1.76. The lowest BCUT2D eigenvalue weighted by molar-refractivity contribution is -0.139. The van der Waals surface area contributed by atoms with Crippen molar-refractivity contribution in [3.63, 3.8) is 0 Å². The number of carboxylic acid groups (broad SMARTS) is 1. The summed E-state index contributed by atoms with van der Waals surface area (Å²) in [6, 6.07) is 8.59. The van der Waals surface area contributed by atoms with E-state index in [9.17, 15) is 9.59 Å². The Morgan fingerprint density at radius 1 is 1.35 bits per heavy atom. The van der Waals surface area contributed by atoms with Gasteiger partial charge in [0.15, 0.2) is 11.5 Å². The maximum Gasteiger partial charge on any atom is 0.305 e. The van der Waals surface area contributed by atoms with E-state index in [1.807, 2.05) is 0 Å². The van der Waals surface area contributed by atoms with E-state index in [0.29, 0.717) is 29.2 Å². The van der Waals surface area contributed by atoms with Crippen LogP contribution in [0.2, 0.25) is 5.02 Å². The summed E-state index contributed by atoms with van der Waals surface area (Å²) >= 11 is 6.09. The lowest BCUT2D eigenvalue weighted by Gasteiger charge is -2.41. The molecule has 1 saturated carbocycles. The van der Waals surface area contributed by atoms with Gasteiger partial charge in [0.05, 0.1) is 17.0 Å². The highest BCUT2D eigenvalue weighted by Crippen LogP contribution is 2.35. The van der Waals surface area contributed by atoms with Crippen molar-refractivity contribution in [1.82, 2.24) is 10.5 Å². The van der Waals surface area contributed by atoms with Crippen LogP contribution in [0.25, 0.3) is 11.3 Å². The van der Waals surface area contributed by atoms with Gasteiger partial charge < -0.3 is 14.9 Å². The van der Waals surface area contributed by atoms with Gasteiger partial charge in [-0.05, 0) is 31.4 Å². The van der Waals surface area contributed by atoms with Crippen LogP contribution < -0.4 is 5.32 Å². The Morgan fingerprint density at radius 3 is 2.70 bits per heavy atom. The number of hydrogen-bond donors (Lipinski definition) is 2. The molecule has 23 heavy (non-hydrogen) atoms. The van der Waals surface area contributed by atoms with Crippen molar-refractivity contribution in [2.24, 2.45) is 0 Å². The Kier molecular flexibility index (Phi) is 4.09. The molecule has 0 radical (unpaired) electrons. The van der Waals surface area contributed by atoms with Crippen LogP contribution in [0.15, 0.2) is 34.9 Å². The number of carbonyl (C=O) groups is 2. The zero-order chi connectivity index (χ0) is 16.4. The van der Waals surface area contributed by atoms with Crippen LogP contribution in [-0.4, -0.2) is 27.7 Å². The molecule has 0 unspecified atom stereocenters. The predicted octanol–water partition coefficient (Wildman–Crippen LogP) is 3.12. The molecule has 1 aliphatic carbocycles. The van der Waals surface area contributed by atoms with E-state index < -0.39 is 17.4 Å². The normalized spacial score (nSPS) is 15.7. The molecule has 0 bridgehead atoms. The molecular formula is C16H15ClN2O4. The maximum atomic E-state index is 12.3. The second kappa shape index (κ2) is 6.04. The third-order valence-electron chi connectivity index (χ3n) is 4.06. The van der Waals surface area contributed by atoms with E-state index in [0.717, 1.165) is 6.42 Å². The number of aliphatic carboxylic acids is 1. The van der Waals surface area contributed by atoms with Crippen molar-refractivity contribution in [2.75, 3.05) is 0 Å². The van der Waals surface area contributed by atoms with Gasteiger partial charge in [0.25, 0.3) is 5.91 Å². The van der Waals surface area contributed by atoms with Gasteiger partial charge in [-0.25, -0.2) is 0 Å². The molecule has 1 aromatic carbocycles. The molecule has 1 heterocycles. The van der Waals surface area contributed by atoms with Gasteiger partial charge >= 0.3 is 5.97 Å². The van der Waals surface area contributed by atoms with E-state index in [1.54, 1.807) is 24.3 Å². The fourth-order valence-corrected chi connectivity index (χ4v) is 2.94. The topological polar surface area (TPSA) is 92.4 Å². The average molecular weight is 335 g/mol. The molecule has 7 heteroatoms. The van der Waals surface area contributed by atoms with Crippen LogP contribution in [-0.2, 0) is 4.79 Å². The number of carbonyl (C=O) groups excluding carboxylic acids is 1. The van der Waals surface area contributed by atoms with E-state index in [1.165, 1.54) is 6.07 Å². The van der Waals surface area contributed by atoms with Crippen LogP contribution in [0.5, 0.6) is 0 Å². The Morgan fingerprint density at radius 2 is 2.09 bits per heavy atom. The molecular weight excluding hydrogens is 320 g/mol. The standard InChI is InChI=1S/C16H15ClN2O4/c17-11-5-2-1-4-10(11)13-8-12(19-23-13)15(22)18-16(6-3-7-16)9-14(20)21/h1-2,4-5,8H,3,6-7,9H2,(H,18,22)(H,20,21). The smallest absolute Gasteiger partial charge is 0.305 e. The minimum Gasteiger partial charge on any atom is -0.481 e. The van der Waals surface area contributed by atoms with Gasteiger partial charge in [-0.15, -0.1) is 0 Å². The van der Waals surface area contributed by atoms with Gasteiger partial charge in [0.2, 0.25) is 0 Å². The van der Waals surface area contributed by atoms with Crippen molar-refractivity contribution in [3.05, 3.63) is 41.0 Å². The summed E-state index contributed by atoms with van der Waals surface area (Å²) in [5.41, 5.74) is 0.0769. The molecule has 3 rings (SSSR count). The average Bonchev–Trinajstić information content (AvgIpc) is 2.94. The summed E-state index contributed by atoms with van der Waals surface area (Å²) in [6.07, 6.45) is 2.12. The van der Waals surface area contributed by atoms with Crippen molar-refractivity contribution in [3.8, 4) is 11.3 Å². The highest BCUT2D eigenvalue weighted by atomic mass is 35.5. The number of aromatic nitrogens is 1. The number of hydrogen-bond acceptors (Lipinski definition) is 4. The number of nitrogens with one attached hydrogen (secondary N) is 1. The molecule has 2 N–H and O–H groups in total. The maximum absolute atomic E-state index is 12.3. The minimum atomic E-state index is -0.929. The first-order valence-electron chi connectivity index (χ1n) is 7.25. The first-order valence-corrected chi connectivity index (χ1v) is 7.63. The minimum absolute atomic E-state index is 0.0893. The number of amides is 1. The number of rotatable bonds is 5. The molecule has 0 atom stereocenters. The van der Waals surface area contributed by atoms with Gasteiger partial charge in [0.1, 0.15) is 0 Å². The fourth-order valence-electron chi connectivity index (χ4n) is 2.71. The van der Waals surface area contributed by atoms with Crippen LogP contribution in [0, 0.1) is 0 Å². The monoisotopic (exact) mass is 334 g/mol. The third-order valence-corrected chi connectivity index (χ3v) is 4.39. The summed E-state index contributed by atoms with van der Waals surface area (Å²) in [5.74, 6) is -0.975. The van der Waals surface area contributed by atoms with Gasteiger partial charge in [0, 0.05) is 11.6 Å². The molecule has 1 aromatic heterocycles. The van der Waals surface area contributed by atoms with Gasteiger partial charge in [-0.1, -0.05) is 28.9 Å². The van der Waals surface area contributed by atoms with Gasteiger partial charge in [-0.3, -0.25) is 9.59 Å². The van der Waals surface area contributed by atoms with E-state index in [4.69, 9.17) is 21.2 Å². The summed E-state index contributed by atoms with van der Waals surface area (Å²) in [7, 11) is 0. The highest BCUT2D eigenvalue weighted by molar-refractivity contribution is 6.33. The molecule has 6 nitrogen and oxygen atoms in total. The first kappa shape index (κ1) is 15.6. The Hall–Kier alpha value is -2.34. The Labute approximate surface area is 137 Å². The van der Waals surface area contributed by atoms with Crippen LogP contribution in [0.1, 0.15) is 36.2 Å². The largest absolute Gasteiger partial charge is 0.481 e. The highest BCUT2D eigenvalue weighted by Gasteiger charge is 2.40. The van der Waals surface area contributed by atoms with Crippen LogP contribution >= 0.6 is 11.6 Å². The summed E-state index contributed by atoms with van der Waals surface area (Å²) < 4.78 is 5.19. The zero-order valence-corrected chi connectivity index (χ0v) is 13.0. The first-order chi connectivity index (χ1) is 11.0. The second-order valence-electron chi connectivity index (χ2n) is 5.71. The summed E-state index contributed by atoms with van der Waals surface area (Å²) in [6.45, 7) is 0. The molecule has 1 aliphatic rings. The third kappa shape index (κ3) is 3.22. The molecule has 0 saturated heterocycles. The Bertz CT molecular complexity index is 752. The summed E-state index contributed by atoms with van der Waals surface area (Å²) in [4.78, 5) is 23.3. The van der Waals surface area contributed by atoms with Crippen molar-refractivity contribution in [1.29, 1.82) is 0 Å². The molecule has 2 aromatic rings. The lowest BCUT2D eigenvalue weighted by atomic mass is 9.74. The van der Waals surface area contributed by atoms with E-state index in [2.05, 4.69) is 10.5 Å². The molecule has 120 valence electrons. The molecule has 1 fully saturated rings. The van der Waals surface area contributed by atoms with Gasteiger partial charge in [-0.2, -0.15) is 0 Å².